The van der Waals surface area contributed by atoms with Gasteiger partial charge in [-0.05, 0) is 43.3 Å². The summed E-state index contributed by atoms with van der Waals surface area (Å²) in [4.78, 5) is 14.3. The number of nitrogens with zero attached hydrogens (tertiary/aromatic N) is 1. The largest absolute Gasteiger partial charge is 0.497 e. The molecule has 4 heteroatoms. The maximum Gasteiger partial charge on any atom is 0.260 e. The van der Waals surface area contributed by atoms with Crippen molar-refractivity contribution < 1.29 is 9.53 Å². The van der Waals surface area contributed by atoms with Gasteiger partial charge in [0.15, 0.2) is 0 Å². The Morgan fingerprint density at radius 1 is 1.14 bits per heavy atom. The fraction of sp³-hybridized carbons (Fsp3) is 0.235. The summed E-state index contributed by atoms with van der Waals surface area (Å²) in [6.45, 7) is 1.98. The van der Waals surface area contributed by atoms with Crippen LogP contribution < -0.4 is 15.0 Å². The molecule has 0 saturated heterocycles. The third-order valence-corrected chi connectivity index (χ3v) is 3.44. The van der Waals surface area contributed by atoms with Crippen LogP contribution in [-0.2, 0) is 0 Å². The average molecular weight is 284 g/mol. The monoisotopic (exact) mass is 284 g/mol. The van der Waals surface area contributed by atoms with Crippen LogP contribution in [0.15, 0.2) is 42.5 Å². The Bertz CT molecular complexity index is 636. The summed E-state index contributed by atoms with van der Waals surface area (Å²) in [6, 6.07) is 13.2. The van der Waals surface area contributed by atoms with Gasteiger partial charge in [-0.2, -0.15) is 0 Å². The minimum atomic E-state index is -0.0479. The van der Waals surface area contributed by atoms with E-state index < -0.39 is 0 Å². The number of amides is 1. The summed E-state index contributed by atoms with van der Waals surface area (Å²) in [5.74, 6) is 0.722. The van der Waals surface area contributed by atoms with E-state index >= 15 is 0 Å². The number of ether oxygens (including phenoxy) is 1. The van der Waals surface area contributed by atoms with Crippen molar-refractivity contribution in [3.8, 4) is 5.75 Å². The molecule has 0 aliphatic heterocycles. The lowest BCUT2D eigenvalue weighted by molar-refractivity contribution is 0.0993. The molecule has 0 aliphatic rings. The second kappa shape index (κ2) is 6.31. The molecule has 1 amide bonds. The van der Waals surface area contributed by atoms with E-state index in [1.165, 1.54) is 0 Å². The van der Waals surface area contributed by atoms with Crippen LogP contribution in [0.25, 0.3) is 0 Å². The van der Waals surface area contributed by atoms with Gasteiger partial charge in [-0.3, -0.25) is 4.79 Å². The molecule has 0 fully saturated rings. The van der Waals surface area contributed by atoms with Gasteiger partial charge in [-0.1, -0.05) is 11.6 Å². The van der Waals surface area contributed by atoms with Crippen LogP contribution in [0.2, 0.25) is 0 Å². The van der Waals surface area contributed by atoms with Crippen molar-refractivity contribution in [2.45, 2.75) is 6.92 Å². The highest BCUT2D eigenvalue weighted by Gasteiger charge is 2.17. The predicted molar refractivity (Wildman–Crippen MR) is 86.5 cm³/mol. The van der Waals surface area contributed by atoms with Crippen LogP contribution in [-0.4, -0.2) is 27.1 Å². The Labute approximate surface area is 125 Å². The lowest BCUT2D eigenvalue weighted by atomic mass is 10.1. The standard InChI is InChI=1S/C17H20N2O2/c1-12-5-10-16(18-2)15(11-12)17(20)19(3)13-6-8-14(21-4)9-7-13/h5-11,18H,1-4H3. The lowest BCUT2D eigenvalue weighted by Crippen LogP contribution is -2.27. The molecule has 0 radical (unpaired) electrons. The molecule has 2 rings (SSSR count). The Morgan fingerprint density at radius 3 is 2.38 bits per heavy atom. The van der Waals surface area contributed by atoms with Gasteiger partial charge in [0.1, 0.15) is 5.75 Å². The van der Waals surface area contributed by atoms with E-state index in [0.29, 0.717) is 5.56 Å². The number of carbonyl (C=O) groups excluding carboxylic acids is 1. The van der Waals surface area contributed by atoms with Crippen molar-refractivity contribution >= 4 is 17.3 Å². The van der Waals surface area contributed by atoms with E-state index in [2.05, 4.69) is 5.32 Å². The maximum atomic E-state index is 12.7. The fourth-order valence-corrected chi connectivity index (χ4v) is 2.16. The number of aryl methyl sites for hydroxylation is 1. The van der Waals surface area contributed by atoms with Gasteiger partial charge in [0.25, 0.3) is 5.91 Å². The number of hydrogen-bond donors (Lipinski definition) is 1. The zero-order valence-corrected chi connectivity index (χ0v) is 12.8. The minimum Gasteiger partial charge on any atom is -0.497 e. The van der Waals surface area contributed by atoms with Crippen LogP contribution in [0.5, 0.6) is 5.75 Å². The summed E-state index contributed by atoms with van der Waals surface area (Å²) in [6.07, 6.45) is 0. The van der Waals surface area contributed by atoms with Crippen LogP contribution in [0.1, 0.15) is 15.9 Å². The van der Waals surface area contributed by atoms with E-state index in [4.69, 9.17) is 4.74 Å². The third-order valence-electron chi connectivity index (χ3n) is 3.44. The smallest absolute Gasteiger partial charge is 0.260 e. The van der Waals surface area contributed by atoms with Crippen molar-refractivity contribution in [1.82, 2.24) is 0 Å². The van der Waals surface area contributed by atoms with Gasteiger partial charge in [0.2, 0.25) is 0 Å². The van der Waals surface area contributed by atoms with Gasteiger partial charge in [-0.15, -0.1) is 0 Å². The second-order valence-corrected chi connectivity index (χ2v) is 4.86. The average Bonchev–Trinajstić information content (AvgIpc) is 2.53. The molecular weight excluding hydrogens is 264 g/mol. The zero-order valence-electron chi connectivity index (χ0n) is 12.8. The van der Waals surface area contributed by atoms with Crippen LogP contribution >= 0.6 is 0 Å². The molecule has 0 unspecified atom stereocenters. The summed E-state index contributed by atoms with van der Waals surface area (Å²) in [5.41, 5.74) is 3.37. The molecule has 0 saturated carbocycles. The maximum absolute atomic E-state index is 12.7. The third kappa shape index (κ3) is 3.16. The molecule has 110 valence electrons. The highest BCUT2D eigenvalue weighted by atomic mass is 16.5. The van der Waals surface area contributed by atoms with E-state index in [9.17, 15) is 4.79 Å². The van der Waals surface area contributed by atoms with Gasteiger partial charge >= 0.3 is 0 Å². The Kier molecular flexibility index (Phi) is 4.48. The van der Waals surface area contributed by atoms with Crippen molar-refractivity contribution in [2.75, 3.05) is 31.4 Å². The molecule has 2 aromatic carbocycles. The van der Waals surface area contributed by atoms with Gasteiger partial charge < -0.3 is 15.0 Å². The molecule has 0 aliphatic carbocycles. The normalized spacial score (nSPS) is 10.1. The van der Waals surface area contributed by atoms with Crippen molar-refractivity contribution in [3.05, 3.63) is 53.6 Å². The van der Waals surface area contributed by atoms with Gasteiger partial charge in [-0.25, -0.2) is 0 Å². The minimum absolute atomic E-state index is 0.0479. The quantitative estimate of drug-likeness (QED) is 0.936. The molecule has 1 N–H and O–H groups in total. The number of carbonyl (C=O) groups is 1. The highest BCUT2D eigenvalue weighted by molar-refractivity contribution is 6.09. The van der Waals surface area contributed by atoms with Crippen molar-refractivity contribution in [1.29, 1.82) is 0 Å². The summed E-state index contributed by atoms with van der Waals surface area (Å²) in [7, 11) is 5.20. The molecule has 0 atom stereocenters. The summed E-state index contributed by atoms with van der Waals surface area (Å²) < 4.78 is 5.13. The first kappa shape index (κ1) is 14.9. The van der Waals surface area contributed by atoms with Crippen molar-refractivity contribution in [2.24, 2.45) is 0 Å². The molecular formula is C17H20N2O2. The van der Waals surface area contributed by atoms with Gasteiger partial charge in [0, 0.05) is 25.5 Å². The summed E-state index contributed by atoms with van der Waals surface area (Å²) >= 11 is 0. The molecule has 4 nitrogen and oxygen atoms in total. The van der Waals surface area contributed by atoms with E-state index in [1.807, 2.05) is 56.4 Å². The van der Waals surface area contributed by atoms with E-state index in [-0.39, 0.29) is 5.91 Å². The van der Waals surface area contributed by atoms with E-state index in [1.54, 1.807) is 19.1 Å². The predicted octanol–water partition coefficient (Wildman–Crippen LogP) is 3.32. The van der Waals surface area contributed by atoms with Crippen LogP contribution in [0.3, 0.4) is 0 Å². The second-order valence-electron chi connectivity index (χ2n) is 4.86. The first-order valence-electron chi connectivity index (χ1n) is 6.77. The van der Waals surface area contributed by atoms with Crippen LogP contribution in [0, 0.1) is 6.92 Å². The highest BCUT2D eigenvalue weighted by Crippen LogP contribution is 2.23. The lowest BCUT2D eigenvalue weighted by Gasteiger charge is -2.19. The number of hydrogen-bond acceptors (Lipinski definition) is 3. The first-order chi connectivity index (χ1) is 10.1. The number of benzene rings is 2. The molecule has 0 heterocycles. The molecule has 21 heavy (non-hydrogen) atoms. The Balaban J connectivity index is 2.32. The molecule has 0 spiro atoms. The molecule has 0 bridgehead atoms. The summed E-state index contributed by atoms with van der Waals surface area (Å²) in [5, 5.41) is 3.06. The van der Waals surface area contributed by atoms with E-state index in [0.717, 1.165) is 22.7 Å². The zero-order chi connectivity index (χ0) is 15.4. The Morgan fingerprint density at radius 2 is 1.81 bits per heavy atom. The number of methoxy groups -OCH3 is 1. The Hall–Kier alpha value is -2.49. The topological polar surface area (TPSA) is 41.6 Å². The fourth-order valence-electron chi connectivity index (χ4n) is 2.16. The number of anilines is 2. The number of nitrogens with one attached hydrogen (secondary N) is 1. The van der Waals surface area contributed by atoms with Crippen LogP contribution in [0.4, 0.5) is 11.4 Å². The molecule has 0 aromatic heterocycles. The van der Waals surface area contributed by atoms with Crippen molar-refractivity contribution in [3.63, 3.8) is 0 Å². The molecule has 2 aromatic rings. The van der Waals surface area contributed by atoms with Gasteiger partial charge in [0.05, 0.1) is 12.7 Å². The number of rotatable bonds is 4. The SMILES string of the molecule is CNc1ccc(C)cc1C(=O)N(C)c1ccc(OC)cc1. The first-order valence-corrected chi connectivity index (χ1v) is 6.77.